The summed E-state index contributed by atoms with van der Waals surface area (Å²) in [6, 6.07) is 12.2. The molecule has 86 valence electrons. The molecule has 2 heteroatoms. The largest absolute Gasteiger partial charge is 0.296 e. The molecule has 0 atom stereocenters. The number of pyridine rings is 1. The van der Waals surface area contributed by atoms with E-state index in [2.05, 4.69) is 36.2 Å². The topological polar surface area (TPSA) is 30.0 Å². The molecule has 0 spiro atoms. The van der Waals surface area contributed by atoms with Crippen LogP contribution in [0.25, 0.3) is 11.1 Å². The van der Waals surface area contributed by atoms with Gasteiger partial charge in [0.05, 0.1) is 0 Å². The van der Waals surface area contributed by atoms with Crippen LogP contribution in [0.1, 0.15) is 29.4 Å². The van der Waals surface area contributed by atoms with E-state index in [4.69, 9.17) is 0 Å². The Bertz CT molecular complexity index is 520. The van der Waals surface area contributed by atoms with E-state index in [1.54, 1.807) is 6.20 Å². The van der Waals surface area contributed by atoms with E-state index < -0.39 is 0 Å². The van der Waals surface area contributed by atoms with Gasteiger partial charge in [0.15, 0.2) is 6.29 Å². The molecule has 0 aliphatic heterocycles. The summed E-state index contributed by atoms with van der Waals surface area (Å²) in [6.45, 7) is 2.17. The van der Waals surface area contributed by atoms with E-state index in [1.807, 2.05) is 12.1 Å². The SMILES string of the molecule is CCCc1cccc(-c2ccnc(C=O)c2)c1. The van der Waals surface area contributed by atoms with Gasteiger partial charge in [0.1, 0.15) is 5.69 Å². The Hall–Kier alpha value is -1.96. The van der Waals surface area contributed by atoms with Crippen molar-refractivity contribution in [2.45, 2.75) is 19.8 Å². The fraction of sp³-hybridized carbons (Fsp3) is 0.200. The average Bonchev–Trinajstić information content (AvgIpc) is 2.40. The standard InChI is InChI=1S/C15H15NO/c1-2-4-12-5-3-6-13(9-12)14-7-8-16-15(10-14)11-17/h3,5-11H,2,4H2,1H3. The van der Waals surface area contributed by atoms with Crippen molar-refractivity contribution in [2.24, 2.45) is 0 Å². The molecule has 0 fully saturated rings. The molecule has 0 aliphatic rings. The number of hydrogen-bond acceptors (Lipinski definition) is 2. The van der Waals surface area contributed by atoms with Gasteiger partial charge < -0.3 is 0 Å². The van der Waals surface area contributed by atoms with Gasteiger partial charge in [-0.25, -0.2) is 0 Å². The third kappa shape index (κ3) is 2.78. The van der Waals surface area contributed by atoms with E-state index in [9.17, 15) is 4.79 Å². The Balaban J connectivity index is 2.37. The van der Waals surface area contributed by atoms with Gasteiger partial charge >= 0.3 is 0 Å². The third-order valence-corrected chi connectivity index (χ3v) is 2.70. The Morgan fingerprint density at radius 1 is 1.18 bits per heavy atom. The summed E-state index contributed by atoms with van der Waals surface area (Å²) in [7, 11) is 0. The molecule has 2 rings (SSSR count). The molecular formula is C15H15NO. The fourth-order valence-corrected chi connectivity index (χ4v) is 1.89. The lowest BCUT2D eigenvalue weighted by Gasteiger charge is -2.05. The molecule has 0 N–H and O–H groups in total. The third-order valence-electron chi connectivity index (χ3n) is 2.70. The first kappa shape index (κ1) is 11.5. The minimum Gasteiger partial charge on any atom is -0.296 e. The molecule has 0 amide bonds. The van der Waals surface area contributed by atoms with E-state index in [1.165, 1.54) is 5.56 Å². The van der Waals surface area contributed by atoms with Crippen molar-refractivity contribution in [2.75, 3.05) is 0 Å². The second kappa shape index (κ2) is 5.39. The van der Waals surface area contributed by atoms with Gasteiger partial charge in [0.2, 0.25) is 0 Å². The van der Waals surface area contributed by atoms with E-state index in [-0.39, 0.29) is 0 Å². The van der Waals surface area contributed by atoms with Crippen molar-refractivity contribution in [3.05, 3.63) is 53.9 Å². The van der Waals surface area contributed by atoms with Crippen molar-refractivity contribution in [3.8, 4) is 11.1 Å². The number of carbonyl (C=O) groups is 1. The second-order valence-corrected chi connectivity index (χ2v) is 4.04. The number of aryl methyl sites for hydroxylation is 1. The number of carbonyl (C=O) groups excluding carboxylic acids is 1. The summed E-state index contributed by atoms with van der Waals surface area (Å²) in [5.74, 6) is 0. The zero-order valence-corrected chi connectivity index (χ0v) is 9.89. The lowest BCUT2D eigenvalue weighted by Crippen LogP contribution is -1.88. The van der Waals surface area contributed by atoms with Crippen LogP contribution in [-0.2, 0) is 6.42 Å². The smallest absolute Gasteiger partial charge is 0.168 e. The summed E-state index contributed by atoms with van der Waals surface area (Å²) in [5.41, 5.74) is 3.99. The van der Waals surface area contributed by atoms with Gasteiger partial charge in [-0.15, -0.1) is 0 Å². The van der Waals surface area contributed by atoms with Crippen LogP contribution in [0.5, 0.6) is 0 Å². The summed E-state index contributed by atoms with van der Waals surface area (Å²) in [6.07, 6.45) is 4.67. The lowest BCUT2D eigenvalue weighted by molar-refractivity contribution is 0.111. The minimum atomic E-state index is 0.475. The van der Waals surface area contributed by atoms with Crippen LogP contribution in [-0.4, -0.2) is 11.3 Å². The zero-order chi connectivity index (χ0) is 12.1. The number of benzene rings is 1. The normalized spacial score (nSPS) is 10.2. The average molecular weight is 225 g/mol. The zero-order valence-electron chi connectivity index (χ0n) is 9.89. The fourth-order valence-electron chi connectivity index (χ4n) is 1.89. The van der Waals surface area contributed by atoms with Crippen molar-refractivity contribution >= 4 is 6.29 Å². The molecule has 17 heavy (non-hydrogen) atoms. The molecule has 0 aliphatic carbocycles. The Morgan fingerprint density at radius 2 is 2.00 bits per heavy atom. The maximum absolute atomic E-state index is 10.7. The molecule has 1 aromatic heterocycles. The van der Waals surface area contributed by atoms with Crippen molar-refractivity contribution < 1.29 is 4.79 Å². The molecule has 1 heterocycles. The van der Waals surface area contributed by atoms with Crippen LogP contribution in [0.2, 0.25) is 0 Å². The number of hydrogen-bond donors (Lipinski definition) is 0. The maximum Gasteiger partial charge on any atom is 0.168 e. The predicted molar refractivity (Wildman–Crippen MR) is 69.1 cm³/mol. The molecule has 0 saturated heterocycles. The van der Waals surface area contributed by atoms with E-state index in [0.717, 1.165) is 30.3 Å². The lowest BCUT2D eigenvalue weighted by atomic mass is 10.0. The summed E-state index contributed by atoms with van der Waals surface area (Å²) < 4.78 is 0. The molecule has 0 radical (unpaired) electrons. The molecule has 0 saturated carbocycles. The maximum atomic E-state index is 10.7. The molecule has 0 unspecified atom stereocenters. The van der Waals surface area contributed by atoms with Crippen molar-refractivity contribution in [3.63, 3.8) is 0 Å². The molecule has 0 bridgehead atoms. The van der Waals surface area contributed by atoms with Crippen LogP contribution in [0.4, 0.5) is 0 Å². The molecule has 2 aromatic rings. The van der Waals surface area contributed by atoms with Crippen LogP contribution < -0.4 is 0 Å². The highest BCUT2D eigenvalue weighted by molar-refractivity contribution is 5.76. The van der Waals surface area contributed by atoms with Gasteiger partial charge in [-0.2, -0.15) is 0 Å². The second-order valence-electron chi connectivity index (χ2n) is 4.04. The summed E-state index contributed by atoms with van der Waals surface area (Å²) in [5, 5.41) is 0. The van der Waals surface area contributed by atoms with Crippen LogP contribution in [0, 0.1) is 0 Å². The highest BCUT2D eigenvalue weighted by Crippen LogP contribution is 2.20. The van der Waals surface area contributed by atoms with Crippen LogP contribution in [0.3, 0.4) is 0 Å². The Kier molecular flexibility index (Phi) is 3.66. The predicted octanol–water partition coefficient (Wildman–Crippen LogP) is 3.51. The number of rotatable bonds is 4. The van der Waals surface area contributed by atoms with Gasteiger partial charge in [-0.05, 0) is 35.2 Å². The summed E-state index contributed by atoms with van der Waals surface area (Å²) in [4.78, 5) is 14.7. The van der Waals surface area contributed by atoms with Crippen molar-refractivity contribution in [1.82, 2.24) is 4.98 Å². The van der Waals surface area contributed by atoms with E-state index >= 15 is 0 Å². The van der Waals surface area contributed by atoms with Gasteiger partial charge in [-0.1, -0.05) is 37.6 Å². The highest BCUT2D eigenvalue weighted by Gasteiger charge is 2.00. The minimum absolute atomic E-state index is 0.475. The van der Waals surface area contributed by atoms with E-state index in [0.29, 0.717) is 5.69 Å². The van der Waals surface area contributed by atoms with Gasteiger partial charge in [0, 0.05) is 6.20 Å². The number of aldehydes is 1. The van der Waals surface area contributed by atoms with Gasteiger partial charge in [-0.3, -0.25) is 9.78 Å². The first-order chi connectivity index (χ1) is 8.33. The number of aromatic nitrogens is 1. The first-order valence-corrected chi connectivity index (χ1v) is 5.84. The highest BCUT2D eigenvalue weighted by atomic mass is 16.1. The summed E-state index contributed by atoms with van der Waals surface area (Å²) >= 11 is 0. The first-order valence-electron chi connectivity index (χ1n) is 5.84. The molecule has 2 nitrogen and oxygen atoms in total. The Morgan fingerprint density at radius 3 is 2.76 bits per heavy atom. The van der Waals surface area contributed by atoms with Crippen LogP contribution in [0.15, 0.2) is 42.6 Å². The number of nitrogens with zero attached hydrogens (tertiary/aromatic N) is 1. The monoisotopic (exact) mass is 225 g/mol. The van der Waals surface area contributed by atoms with Crippen molar-refractivity contribution in [1.29, 1.82) is 0 Å². The molecule has 1 aromatic carbocycles. The van der Waals surface area contributed by atoms with Crippen LogP contribution >= 0.6 is 0 Å². The quantitative estimate of drug-likeness (QED) is 0.745. The molecular weight excluding hydrogens is 210 g/mol. The Labute approximate surface area is 101 Å². The van der Waals surface area contributed by atoms with Gasteiger partial charge in [0.25, 0.3) is 0 Å².